The summed E-state index contributed by atoms with van der Waals surface area (Å²) in [5.41, 5.74) is 5.96. The van der Waals surface area contributed by atoms with E-state index < -0.39 is 11.6 Å². The Kier molecular flexibility index (Phi) is 2.60. The van der Waals surface area contributed by atoms with E-state index in [1.165, 1.54) is 12.1 Å². The molecule has 0 amide bonds. The van der Waals surface area contributed by atoms with Crippen molar-refractivity contribution in [3.63, 3.8) is 0 Å². The molecule has 0 aliphatic heterocycles. The van der Waals surface area contributed by atoms with Gasteiger partial charge >= 0.3 is 0 Å². The molecular formula is C11H10F2N2O. The largest absolute Gasteiger partial charge is 0.381 e. The van der Waals surface area contributed by atoms with Crippen molar-refractivity contribution in [3.8, 4) is 11.3 Å². The highest BCUT2D eigenvalue weighted by atomic mass is 19.1. The smallest absolute Gasteiger partial charge is 0.172 e. The van der Waals surface area contributed by atoms with Crippen molar-refractivity contribution in [2.75, 3.05) is 5.73 Å². The van der Waals surface area contributed by atoms with Gasteiger partial charge in [-0.1, -0.05) is 12.1 Å². The zero-order valence-electron chi connectivity index (χ0n) is 8.63. The maximum Gasteiger partial charge on any atom is 0.172 e. The molecule has 16 heavy (non-hydrogen) atoms. The Hall–Kier alpha value is -1.91. The van der Waals surface area contributed by atoms with Crippen LogP contribution in [0.2, 0.25) is 0 Å². The Morgan fingerprint density at radius 3 is 2.56 bits per heavy atom. The third-order valence-electron chi connectivity index (χ3n) is 2.31. The minimum Gasteiger partial charge on any atom is -0.381 e. The maximum absolute atomic E-state index is 13.5. The lowest BCUT2D eigenvalue weighted by Gasteiger charge is -2.03. The summed E-state index contributed by atoms with van der Waals surface area (Å²) in [5.74, 6) is -0.886. The van der Waals surface area contributed by atoms with Gasteiger partial charge in [0.2, 0.25) is 0 Å². The Bertz CT molecular complexity index is 523. The van der Waals surface area contributed by atoms with Crippen LogP contribution in [0.3, 0.4) is 0 Å². The van der Waals surface area contributed by atoms with E-state index in [0.29, 0.717) is 12.0 Å². The molecule has 0 spiro atoms. The quantitative estimate of drug-likeness (QED) is 0.853. The van der Waals surface area contributed by atoms with Crippen molar-refractivity contribution in [1.29, 1.82) is 0 Å². The normalized spacial score (nSPS) is 10.7. The van der Waals surface area contributed by atoms with Crippen LogP contribution in [0.1, 0.15) is 12.5 Å². The number of hydrogen-bond acceptors (Lipinski definition) is 3. The standard InChI is InChI=1S/C11H10F2N2O/c1-2-6-3-7(9(13)4-8(6)12)10-5-11(14)15-16-10/h3-5H,2H2,1H3,(H2,14,15). The zero-order chi connectivity index (χ0) is 11.7. The summed E-state index contributed by atoms with van der Waals surface area (Å²) in [7, 11) is 0. The summed E-state index contributed by atoms with van der Waals surface area (Å²) in [5, 5.41) is 3.45. The van der Waals surface area contributed by atoms with E-state index in [-0.39, 0.29) is 17.1 Å². The lowest BCUT2D eigenvalue weighted by molar-refractivity contribution is 0.433. The first-order chi connectivity index (χ1) is 7.61. The summed E-state index contributed by atoms with van der Waals surface area (Å²) in [6.45, 7) is 1.79. The fourth-order valence-corrected chi connectivity index (χ4v) is 1.47. The second kappa shape index (κ2) is 3.92. The first kappa shape index (κ1) is 10.6. The van der Waals surface area contributed by atoms with Crippen LogP contribution in [-0.4, -0.2) is 5.16 Å². The van der Waals surface area contributed by atoms with E-state index in [0.717, 1.165) is 6.07 Å². The number of rotatable bonds is 2. The summed E-state index contributed by atoms with van der Waals surface area (Å²) < 4.78 is 31.6. The van der Waals surface area contributed by atoms with Gasteiger partial charge in [-0.05, 0) is 18.1 Å². The molecule has 0 aliphatic carbocycles. The second-order valence-electron chi connectivity index (χ2n) is 3.39. The van der Waals surface area contributed by atoms with Gasteiger partial charge in [0.05, 0.1) is 5.56 Å². The van der Waals surface area contributed by atoms with Crippen molar-refractivity contribution in [2.45, 2.75) is 13.3 Å². The number of nitrogens with two attached hydrogens (primary N) is 1. The molecule has 0 fully saturated rings. The maximum atomic E-state index is 13.5. The highest BCUT2D eigenvalue weighted by Gasteiger charge is 2.14. The Morgan fingerprint density at radius 1 is 1.25 bits per heavy atom. The van der Waals surface area contributed by atoms with Crippen molar-refractivity contribution in [3.05, 3.63) is 35.4 Å². The van der Waals surface area contributed by atoms with Crippen LogP contribution in [-0.2, 0) is 6.42 Å². The van der Waals surface area contributed by atoms with Gasteiger partial charge in [-0.25, -0.2) is 8.78 Å². The van der Waals surface area contributed by atoms with Gasteiger partial charge in [0.25, 0.3) is 0 Å². The first-order valence-electron chi connectivity index (χ1n) is 4.82. The van der Waals surface area contributed by atoms with Crippen LogP contribution in [0.25, 0.3) is 11.3 Å². The fraction of sp³-hybridized carbons (Fsp3) is 0.182. The Labute approximate surface area is 90.9 Å². The second-order valence-corrected chi connectivity index (χ2v) is 3.39. The zero-order valence-corrected chi connectivity index (χ0v) is 8.63. The number of nitrogen functional groups attached to an aromatic ring is 1. The number of benzene rings is 1. The van der Waals surface area contributed by atoms with Gasteiger partial charge in [-0.15, -0.1) is 0 Å². The van der Waals surface area contributed by atoms with E-state index in [1.807, 2.05) is 0 Å². The Morgan fingerprint density at radius 2 is 2.00 bits per heavy atom. The van der Waals surface area contributed by atoms with Gasteiger partial charge in [0.1, 0.15) is 11.6 Å². The molecule has 3 nitrogen and oxygen atoms in total. The van der Waals surface area contributed by atoms with E-state index in [4.69, 9.17) is 10.3 Å². The van der Waals surface area contributed by atoms with E-state index in [1.54, 1.807) is 6.92 Å². The molecule has 1 aromatic carbocycles. The van der Waals surface area contributed by atoms with Crippen LogP contribution in [0, 0.1) is 11.6 Å². The third-order valence-corrected chi connectivity index (χ3v) is 2.31. The first-order valence-corrected chi connectivity index (χ1v) is 4.82. The van der Waals surface area contributed by atoms with E-state index >= 15 is 0 Å². The molecule has 84 valence electrons. The van der Waals surface area contributed by atoms with E-state index in [9.17, 15) is 8.78 Å². The van der Waals surface area contributed by atoms with Crippen molar-refractivity contribution < 1.29 is 13.3 Å². The van der Waals surface area contributed by atoms with Crippen LogP contribution in [0.15, 0.2) is 22.7 Å². The molecule has 0 atom stereocenters. The van der Waals surface area contributed by atoms with Gasteiger partial charge in [-0.2, -0.15) is 0 Å². The monoisotopic (exact) mass is 224 g/mol. The SMILES string of the molecule is CCc1cc(-c2cc(N)no2)c(F)cc1F. The molecule has 0 bridgehead atoms. The molecule has 2 N–H and O–H groups in total. The molecule has 5 heteroatoms. The highest BCUT2D eigenvalue weighted by Crippen LogP contribution is 2.27. The summed E-state index contributed by atoms with van der Waals surface area (Å²) >= 11 is 0. The molecule has 1 aromatic heterocycles. The summed E-state index contributed by atoms with van der Waals surface area (Å²) in [6.07, 6.45) is 0.475. The van der Waals surface area contributed by atoms with Crippen LogP contribution < -0.4 is 5.73 Å². The van der Waals surface area contributed by atoms with Gasteiger partial charge in [-0.3, -0.25) is 0 Å². The van der Waals surface area contributed by atoms with Gasteiger partial charge < -0.3 is 10.3 Å². The molecule has 2 rings (SSSR count). The number of halogens is 2. The number of hydrogen-bond donors (Lipinski definition) is 1. The highest BCUT2D eigenvalue weighted by molar-refractivity contribution is 5.61. The predicted octanol–water partition coefficient (Wildman–Crippen LogP) is 2.76. The number of aryl methyl sites for hydroxylation is 1. The average Bonchev–Trinajstić information content (AvgIpc) is 2.65. The number of anilines is 1. The molecule has 0 unspecified atom stereocenters. The minimum atomic E-state index is -0.689. The minimum absolute atomic E-state index is 0.164. The third kappa shape index (κ3) is 1.76. The Balaban J connectivity index is 2.56. The van der Waals surface area contributed by atoms with Crippen molar-refractivity contribution in [1.82, 2.24) is 5.16 Å². The van der Waals surface area contributed by atoms with Crippen LogP contribution in [0.4, 0.5) is 14.6 Å². The summed E-state index contributed by atoms with van der Waals surface area (Å²) in [6, 6.07) is 3.65. The molecule has 0 aliphatic rings. The van der Waals surface area contributed by atoms with Gasteiger partial charge in [0.15, 0.2) is 11.6 Å². The molecule has 1 heterocycles. The molecule has 0 radical (unpaired) electrons. The lowest BCUT2D eigenvalue weighted by atomic mass is 10.1. The van der Waals surface area contributed by atoms with Crippen molar-refractivity contribution >= 4 is 5.82 Å². The fourth-order valence-electron chi connectivity index (χ4n) is 1.47. The molecule has 2 aromatic rings. The molecule has 0 saturated heterocycles. The molecule has 0 saturated carbocycles. The van der Waals surface area contributed by atoms with Gasteiger partial charge in [0, 0.05) is 12.1 Å². The van der Waals surface area contributed by atoms with Crippen LogP contribution in [0.5, 0.6) is 0 Å². The summed E-state index contributed by atoms with van der Waals surface area (Å²) in [4.78, 5) is 0. The topological polar surface area (TPSA) is 52.0 Å². The molecular weight excluding hydrogens is 214 g/mol. The van der Waals surface area contributed by atoms with E-state index in [2.05, 4.69) is 5.16 Å². The van der Waals surface area contributed by atoms with Crippen LogP contribution >= 0.6 is 0 Å². The predicted molar refractivity (Wildman–Crippen MR) is 55.6 cm³/mol. The lowest BCUT2D eigenvalue weighted by Crippen LogP contribution is -1.92. The van der Waals surface area contributed by atoms with Crippen molar-refractivity contribution in [2.24, 2.45) is 0 Å². The number of nitrogens with zero attached hydrogens (tertiary/aromatic N) is 1. The average molecular weight is 224 g/mol. The number of aromatic nitrogens is 1.